The van der Waals surface area contributed by atoms with Gasteiger partial charge in [-0.1, -0.05) is 13.8 Å². The number of nitrogens with zero attached hydrogens (tertiary/aromatic N) is 1. The van der Waals surface area contributed by atoms with Crippen molar-refractivity contribution in [3.8, 4) is 0 Å². The fourth-order valence-corrected chi connectivity index (χ4v) is 0.516. The van der Waals surface area contributed by atoms with Crippen molar-refractivity contribution in [2.75, 3.05) is 7.05 Å². The Morgan fingerprint density at radius 1 is 1.50 bits per heavy atom. The van der Waals surface area contributed by atoms with Crippen LogP contribution in [-0.2, 0) is 4.79 Å². The van der Waals surface area contributed by atoms with Crippen molar-refractivity contribution in [2.24, 2.45) is 5.92 Å². The fourth-order valence-electron chi connectivity index (χ4n) is 0.516. The van der Waals surface area contributed by atoms with Gasteiger partial charge in [0.2, 0.25) is 0 Å². The predicted octanol–water partition coefficient (Wildman–Crippen LogP) is 0.444. The first-order valence-corrected chi connectivity index (χ1v) is 2.76. The van der Waals surface area contributed by atoms with Gasteiger partial charge >= 0.3 is 0 Å². The van der Waals surface area contributed by atoms with Gasteiger partial charge in [0.15, 0.2) is 0 Å². The lowest BCUT2D eigenvalue weighted by Gasteiger charge is -2.09. The fraction of sp³-hybridized carbons (Fsp3) is 0.833. The molecule has 8 heavy (non-hydrogen) atoms. The predicted molar refractivity (Wildman–Crippen MR) is 32.7 cm³/mol. The van der Waals surface area contributed by atoms with Crippen LogP contribution in [0.4, 0.5) is 0 Å². The molecule has 0 fully saturated rings. The van der Waals surface area contributed by atoms with E-state index in [4.69, 9.17) is 0 Å². The number of aldehydes is 1. The summed E-state index contributed by atoms with van der Waals surface area (Å²) in [5, 5.41) is 3.84. The Kier molecular flexibility index (Phi) is 3.44. The normalized spacial score (nSPS) is 14.0. The summed E-state index contributed by atoms with van der Waals surface area (Å²) in [6.07, 6.45) is 0.880. The molecule has 1 atom stereocenters. The quantitative estimate of drug-likeness (QED) is 0.490. The first-order chi connectivity index (χ1) is 3.72. The summed E-state index contributed by atoms with van der Waals surface area (Å²) in [5.41, 5.74) is 0. The zero-order valence-electron chi connectivity index (χ0n) is 5.59. The second-order valence-electron chi connectivity index (χ2n) is 2.13. The lowest BCUT2D eigenvalue weighted by molar-refractivity contribution is -0.110. The average molecular weight is 114 g/mol. The van der Waals surface area contributed by atoms with E-state index in [-0.39, 0.29) is 6.04 Å². The van der Waals surface area contributed by atoms with Gasteiger partial charge in [0.1, 0.15) is 6.29 Å². The molecule has 0 N–H and O–H groups in total. The zero-order chi connectivity index (χ0) is 6.57. The summed E-state index contributed by atoms with van der Waals surface area (Å²) in [5.74, 6) is 0.345. The van der Waals surface area contributed by atoms with Crippen molar-refractivity contribution in [3.05, 3.63) is 0 Å². The highest BCUT2D eigenvalue weighted by molar-refractivity contribution is 5.57. The molecule has 0 aromatic heterocycles. The molecule has 0 aliphatic rings. The molecular formula is C6H12NO. The average Bonchev–Trinajstić information content (AvgIpc) is 1.69. The highest BCUT2D eigenvalue weighted by Gasteiger charge is 2.08. The maximum Gasteiger partial charge on any atom is 0.138 e. The Hall–Kier alpha value is -0.370. The minimum atomic E-state index is -0.102. The Labute approximate surface area is 50.3 Å². The maximum absolute atomic E-state index is 10.1. The molecule has 0 aromatic rings. The van der Waals surface area contributed by atoms with Crippen LogP contribution in [0.1, 0.15) is 13.8 Å². The van der Waals surface area contributed by atoms with E-state index in [1.165, 1.54) is 0 Å². The van der Waals surface area contributed by atoms with E-state index < -0.39 is 0 Å². The number of carbonyl (C=O) groups is 1. The van der Waals surface area contributed by atoms with Crippen molar-refractivity contribution >= 4 is 6.29 Å². The summed E-state index contributed by atoms with van der Waals surface area (Å²) in [7, 11) is 1.67. The molecular weight excluding hydrogens is 102 g/mol. The summed E-state index contributed by atoms with van der Waals surface area (Å²) >= 11 is 0. The van der Waals surface area contributed by atoms with Crippen LogP contribution in [0.3, 0.4) is 0 Å². The number of hydrogen-bond acceptors (Lipinski definition) is 1. The van der Waals surface area contributed by atoms with E-state index in [1.54, 1.807) is 7.05 Å². The molecule has 1 radical (unpaired) electrons. The number of likely N-dealkylation sites (N-methyl/N-ethyl adjacent to an activating group) is 1. The Bertz CT molecular complexity index is 70.9. The van der Waals surface area contributed by atoms with Gasteiger partial charge in [-0.15, -0.1) is 0 Å². The van der Waals surface area contributed by atoms with Crippen LogP contribution in [-0.4, -0.2) is 19.4 Å². The maximum atomic E-state index is 10.1. The summed E-state index contributed by atoms with van der Waals surface area (Å²) in [6.45, 7) is 3.96. The summed E-state index contributed by atoms with van der Waals surface area (Å²) in [6, 6.07) is -0.102. The third-order valence-corrected chi connectivity index (χ3v) is 1.12. The topological polar surface area (TPSA) is 31.2 Å². The van der Waals surface area contributed by atoms with Gasteiger partial charge < -0.3 is 4.79 Å². The zero-order valence-corrected chi connectivity index (χ0v) is 5.59. The first-order valence-electron chi connectivity index (χ1n) is 2.76. The largest absolute Gasteiger partial charge is 0.302 e. The summed E-state index contributed by atoms with van der Waals surface area (Å²) in [4.78, 5) is 10.1. The van der Waals surface area contributed by atoms with Crippen LogP contribution in [0.25, 0.3) is 0 Å². The van der Waals surface area contributed by atoms with E-state index in [2.05, 4.69) is 5.32 Å². The third kappa shape index (κ3) is 2.07. The molecule has 0 aromatic carbocycles. The van der Waals surface area contributed by atoms with Gasteiger partial charge in [-0.05, 0) is 5.92 Å². The summed E-state index contributed by atoms with van der Waals surface area (Å²) < 4.78 is 0. The van der Waals surface area contributed by atoms with E-state index in [9.17, 15) is 4.79 Å². The second kappa shape index (κ2) is 3.61. The minimum absolute atomic E-state index is 0.102. The van der Waals surface area contributed by atoms with Crippen molar-refractivity contribution in [2.45, 2.75) is 19.9 Å². The molecule has 0 bridgehead atoms. The molecule has 0 unspecified atom stereocenters. The molecule has 0 amide bonds. The lowest BCUT2D eigenvalue weighted by Crippen LogP contribution is -2.26. The van der Waals surface area contributed by atoms with E-state index in [0.717, 1.165) is 6.29 Å². The monoisotopic (exact) mass is 114 g/mol. The van der Waals surface area contributed by atoms with Crippen molar-refractivity contribution in [1.82, 2.24) is 5.32 Å². The molecule has 0 aliphatic heterocycles. The van der Waals surface area contributed by atoms with E-state index >= 15 is 0 Å². The third-order valence-electron chi connectivity index (χ3n) is 1.12. The van der Waals surface area contributed by atoms with Gasteiger partial charge in [-0.3, -0.25) is 0 Å². The lowest BCUT2D eigenvalue weighted by atomic mass is 10.1. The molecule has 0 heterocycles. The highest BCUT2D eigenvalue weighted by Crippen LogP contribution is 1.96. The molecule has 0 rings (SSSR count). The molecule has 2 nitrogen and oxygen atoms in total. The molecule has 0 spiro atoms. The van der Waals surface area contributed by atoms with Crippen molar-refractivity contribution in [1.29, 1.82) is 0 Å². The molecule has 0 aliphatic carbocycles. The molecule has 0 saturated heterocycles. The SMILES string of the molecule is C[N][C@H](C=O)C(C)C. The van der Waals surface area contributed by atoms with Crippen LogP contribution in [0.5, 0.6) is 0 Å². The number of carbonyl (C=O) groups excluding carboxylic acids is 1. The highest BCUT2D eigenvalue weighted by atomic mass is 16.1. The van der Waals surface area contributed by atoms with Gasteiger partial charge in [0.25, 0.3) is 0 Å². The van der Waals surface area contributed by atoms with Crippen LogP contribution in [0, 0.1) is 5.92 Å². The Morgan fingerprint density at radius 2 is 2.00 bits per heavy atom. The standard InChI is InChI=1S/C6H12NO/c1-5(2)6(4-8)7-3/h4-6H,1-3H3/t6-/m1/s1. The van der Waals surface area contributed by atoms with Gasteiger partial charge in [0, 0.05) is 7.05 Å². The second-order valence-corrected chi connectivity index (χ2v) is 2.13. The number of hydrogen-bond donors (Lipinski definition) is 0. The smallest absolute Gasteiger partial charge is 0.138 e. The molecule has 0 saturated carbocycles. The molecule has 2 heteroatoms. The van der Waals surface area contributed by atoms with Crippen molar-refractivity contribution in [3.63, 3.8) is 0 Å². The van der Waals surface area contributed by atoms with Gasteiger partial charge in [-0.25, -0.2) is 5.32 Å². The Morgan fingerprint density at radius 3 is 2.00 bits per heavy atom. The van der Waals surface area contributed by atoms with E-state index in [1.807, 2.05) is 13.8 Å². The van der Waals surface area contributed by atoms with Crippen LogP contribution >= 0.6 is 0 Å². The van der Waals surface area contributed by atoms with Crippen molar-refractivity contribution < 1.29 is 4.79 Å². The van der Waals surface area contributed by atoms with E-state index in [0.29, 0.717) is 5.92 Å². The Balaban J connectivity index is 3.51. The minimum Gasteiger partial charge on any atom is -0.302 e. The van der Waals surface area contributed by atoms with Crippen LogP contribution < -0.4 is 5.32 Å². The number of rotatable bonds is 3. The molecule has 47 valence electrons. The van der Waals surface area contributed by atoms with Gasteiger partial charge in [0.05, 0.1) is 6.04 Å². The first kappa shape index (κ1) is 7.63. The van der Waals surface area contributed by atoms with Crippen LogP contribution in [0.2, 0.25) is 0 Å². The van der Waals surface area contributed by atoms with Crippen LogP contribution in [0.15, 0.2) is 0 Å². The van der Waals surface area contributed by atoms with Gasteiger partial charge in [-0.2, -0.15) is 0 Å².